The summed E-state index contributed by atoms with van der Waals surface area (Å²) in [6, 6.07) is 12.5. The summed E-state index contributed by atoms with van der Waals surface area (Å²) in [7, 11) is 0. The number of nitrogens with zero attached hydrogens (tertiary/aromatic N) is 1. The van der Waals surface area contributed by atoms with Gasteiger partial charge in [0.05, 0.1) is 18.8 Å². The van der Waals surface area contributed by atoms with Gasteiger partial charge < -0.3 is 14.8 Å². The van der Waals surface area contributed by atoms with Crippen LogP contribution >= 0.6 is 23.5 Å². The van der Waals surface area contributed by atoms with E-state index in [2.05, 4.69) is 14.9 Å². The number of carbonyl (C=O) groups is 2. The fourth-order valence-electron chi connectivity index (χ4n) is 4.15. The molecule has 11 heteroatoms. The van der Waals surface area contributed by atoms with E-state index in [-0.39, 0.29) is 28.5 Å². The third kappa shape index (κ3) is 8.74. The molecule has 0 atom stereocenters. The van der Waals surface area contributed by atoms with Crippen LogP contribution in [-0.2, 0) is 9.53 Å². The molecule has 1 fully saturated rings. The van der Waals surface area contributed by atoms with Crippen LogP contribution in [0.2, 0.25) is 5.02 Å². The number of amides is 1. The van der Waals surface area contributed by atoms with Crippen molar-refractivity contribution < 1.29 is 27.8 Å². The van der Waals surface area contributed by atoms with Crippen LogP contribution in [0.1, 0.15) is 27.9 Å². The molecule has 0 spiro atoms. The van der Waals surface area contributed by atoms with E-state index in [4.69, 9.17) is 21.1 Å². The predicted octanol–water partition coefficient (Wildman–Crippen LogP) is 5.49. The SMILES string of the molecule is Cc1cc(SNCCCN2CCOCC2)ccc1NC(=O)COc1ccc(Cl)cc1C(=O)c1cc(F)cc(F)c1. The second-order valence-corrected chi connectivity index (χ2v) is 10.6. The van der Waals surface area contributed by atoms with Crippen LogP contribution in [0.5, 0.6) is 5.75 Å². The van der Waals surface area contributed by atoms with Crippen molar-refractivity contribution in [3.8, 4) is 5.75 Å². The van der Waals surface area contributed by atoms with Crippen LogP contribution in [0.4, 0.5) is 14.5 Å². The number of halogens is 3. The van der Waals surface area contributed by atoms with E-state index in [9.17, 15) is 18.4 Å². The largest absolute Gasteiger partial charge is 0.483 e. The third-order valence-corrected chi connectivity index (χ3v) is 7.26. The Morgan fingerprint density at radius 3 is 2.52 bits per heavy atom. The first-order valence-electron chi connectivity index (χ1n) is 12.8. The summed E-state index contributed by atoms with van der Waals surface area (Å²) in [5.74, 6) is -2.82. The molecule has 0 saturated carbocycles. The number of ether oxygens (including phenoxy) is 2. The molecule has 0 bridgehead atoms. The lowest BCUT2D eigenvalue weighted by Crippen LogP contribution is -2.37. The van der Waals surface area contributed by atoms with Crippen molar-refractivity contribution >= 4 is 40.9 Å². The Morgan fingerprint density at radius 1 is 1.05 bits per heavy atom. The number of rotatable bonds is 12. The molecule has 40 heavy (non-hydrogen) atoms. The van der Waals surface area contributed by atoms with E-state index in [0.717, 1.165) is 68.4 Å². The summed E-state index contributed by atoms with van der Waals surface area (Å²) < 4.78 is 41.6. The topological polar surface area (TPSA) is 79.9 Å². The first kappa shape index (κ1) is 30.0. The molecule has 1 aliphatic rings. The molecule has 0 unspecified atom stereocenters. The molecule has 2 N–H and O–H groups in total. The Kier molecular flexibility index (Phi) is 10.9. The van der Waals surface area contributed by atoms with Gasteiger partial charge in [0.15, 0.2) is 12.4 Å². The van der Waals surface area contributed by atoms with Gasteiger partial charge in [0.25, 0.3) is 5.91 Å². The molecule has 0 aliphatic carbocycles. The zero-order valence-electron chi connectivity index (χ0n) is 22.0. The van der Waals surface area contributed by atoms with Crippen LogP contribution in [0.3, 0.4) is 0 Å². The van der Waals surface area contributed by atoms with Gasteiger partial charge in [-0.25, -0.2) is 8.78 Å². The maximum absolute atomic E-state index is 13.6. The highest BCUT2D eigenvalue weighted by molar-refractivity contribution is 7.97. The molecule has 7 nitrogen and oxygen atoms in total. The Morgan fingerprint density at radius 2 is 1.80 bits per heavy atom. The molecule has 3 aromatic rings. The fraction of sp³-hybridized carbons (Fsp3) is 0.310. The van der Waals surface area contributed by atoms with Crippen LogP contribution in [-0.4, -0.2) is 62.6 Å². The van der Waals surface area contributed by atoms with Crippen molar-refractivity contribution in [2.45, 2.75) is 18.2 Å². The molecule has 3 aromatic carbocycles. The van der Waals surface area contributed by atoms with Crippen molar-refractivity contribution in [2.75, 3.05) is 51.3 Å². The average Bonchev–Trinajstić information content (AvgIpc) is 2.93. The Labute approximate surface area is 241 Å². The van der Waals surface area contributed by atoms with Crippen LogP contribution < -0.4 is 14.8 Å². The van der Waals surface area contributed by atoms with Gasteiger partial charge in [-0.05, 0) is 85.9 Å². The van der Waals surface area contributed by atoms with Gasteiger partial charge in [-0.1, -0.05) is 11.6 Å². The summed E-state index contributed by atoms with van der Waals surface area (Å²) in [6.45, 7) is 7.00. The maximum atomic E-state index is 13.6. The molecule has 1 aliphatic heterocycles. The lowest BCUT2D eigenvalue weighted by Gasteiger charge is -2.26. The monoisotopic (exact) mass is 589 g/mol. The normalized spacial score (nSPS) is 13.7. The summed E-state index contributed by atoms with van der Waals surface area (Å²) >= 11 is 7.58. The number of aryl methyl sites for hydroxylation is 1. The minimum atomic E-state index is -0.883. The van der Waals surface area contributed by atoms with Gasteiger partial charge >= 0.3 is 0 Å². The van der Waals surface area contributed by atoms with Gasteiger partial charge in [-0.2, -0.15) is 0 Å². The molecule has 1 saturated heterocycles. The summed E-state index contributed by atoms with van der Waals surface area (Å²) in [5, 5.41) is 3.04. The second kappa shape index (κ2) is 14.6. The first-order chi connectivity index (χ1) is 19.3. The minimum Gasteiger partial charge on any atom is -0.483 e. The maximum Gasteiger partial charge on any atom is 0.262 e. The molecular weight excluding hydrogens is 560 g/mol. The Bertz CT molecular complexity index is 1330. The molecule has 0 aromatic heterocycles. The van der Waals surface area contributed by atoms with E-state index in [1.807, 2.05) is 25.1 Å². The molecule has 1 amide bonds. The van der Waals surface area contributed by atoms with Gasteiger partial charge in [0.1, 0.15) is 17.4 Å². The smallest absolute Gasteiger partial charge is 0.262 e. The standard InChI is InChI=1S/C29H30ClF2N3O4S/c1-19-13-24(40-33-7-2-8-35-9-11-38-12-10-35)4-5-26(19)34-28(36)18-39-27-6-3-21(30)16-25(27)29(37)20-14-22(31)17-23(32)15-20/h3-6,13-17,33H,2,7-12,18H2,1H3,(H,34,36). The second-order valence-electron chi connectivity index (χ2n) is 9.25. The van der Waals surface area contributed by atoms with Gasteiger partial charge in [-0.15, -0.1) is 0 Å². The zero-order valence-corrected chi connectivity index (χ0v) is 23.5. The van der Waals surface area contributed by atoms with E-state index < -0.39 is 23.3 Å². The van der Waals surface area contributed by atoms with Crippen molar-refractivity contribution in [1.82, 2.24) is 9.62 Å². The highest BCUT2D eigenvalue weighted by atomic mass is 35.5. The molecule has 4 rings (SSSR count). The van der Waals surface area contributed by atoms with E-state index in [1.165, 1.54) is 18.2 Å². The van der Waals surface area contributed by atoms with E-state index in [1.54, 1.807) is 11.9 Å². The molecule has 1 heterocycles. The number of hydrogen-bond donors (Lipinski definition) is 2. The number of nitrogens with one attached hydrogen (secondary N) is 2. The summed E-state index contributed by atoms with van der Waals surface area (Å²) in [4.78, 5) is 29.0. The predicted molar refractivity (Wildman–Crippen MR) is 152 cm³/mol. The molecule has 0 radical (unpaired) electrons. The zero-order chi connectivity index (χ0) is 28.5. The van der Waals surface area contributed by atoms with E-state index >= 15 is 0 Å². The summed E-state index contributed by atoms with van der Waals surface area (Å²) in [6.07, 6.45) is 1.04. The van der Waals surface area contributed by atoms with Gasteiger partial charge in [0, 0.05) is 46.9 Å². The first-order valence-corrected chi connectivity index (χ1v) is 14.0. The number of ketones is 1. The third-order valence-electron chi connectivity index (χ3n) is 6.19. The van der Waals surface area contributed by atoms with E-state index in [0.29, 0.717) is 11.8 Å². The molecule has 212 valence electrons. The average molecular weight is 590 g/mol. The highest BCUT2D eigenvalue weighted by Gasteiger charge is 2.18. The van der Waals surface area contributed by atoms with Gasteiger partial charge in [0.2, 0.25) is 0 Å². The Balaban J connectivity index is 1.28. The number of anilines is 1. The van der Waals surface area contributed by atoms with Crippen LogP contribution in [0.25, 0.3) is 0 Å². The summed E-state index contributed by atoms with van der Waals surface area (Å²) in [5.41, 5.74) is 1.30. The van der Waals surface area contributed by atoms with Crippen molar-refractivity contribution in [3.05, 3.63) is 87.9 Å². The number of carbonyl (C=O) groups excluding carboxylic acids is 2. The Hall–Kier alpha value is -3.02. The van der Waals surface area contributed by atoms with Gasteiger partial charge in [-0.3, -0.25) is 19.2 Å². The van der Waals surface area contributed by atoms with Crippen molar-refractivity contribution in [1.29, 1.82) is 0 Å². The quantitative estimate of drug-likeness (QED) is 0.164. The number of morpholine rings is 1. The minimum absolute atomic E-state index is 0.0136. The van der Waals surface area contributed by atoms with Crippen LogP contribution in [0.15, 0.2) is 59.5 Å². The highest BCUT2D eigenvalue weighted by Crippen LogP contribution is 2.27. The number of hydrogen-bond acceptors (Lipinski definition) is 7. The van der Waals surface area contributed by atoms with Crippen LogP contribution in [0, 0.1) is 18.6 Å². The van der Waals surface area contributed by atoms with Crippen molar-refractivity contribution in [2.24, 2.45) is 0 Å². The lowest BCUT2D eigenvalue weighted by atomic mass is 10.0. The lowest BCUT2D eigenvalue weighted by molar-refractivity contribution is -0.118. The fourth-order valence-corrected chi connectivity index (χ4v) is 5.11. The molecular formula is C29H30ClF2N3O4S. The number of benzene rings is 3. The van der Waals surface area contributed by atoms with Crippen molar-refractivity contribution in [3.63, 3.8) is 0 Å².